The first kappa shape index (κ1) is 20.7. The van der Waals surface area contributed by atoms with Gasteiger partial charge >= 0.3 is 0 Å². The Balaban J connectivity index is 1.73. The van der Waals surface area contributed by atoms with E-state index in [0.717, 1.165) is 25.8 Å². The lowest BCUT2D eigenvalue weighted by Crippen LogP contribution is -2.04. The predicted molar refractivity (Wildman–Crippen MR) is 118 cm³/mol. The normalized spacial score (nSPS) is 10.6. The number of hydrogen-bond donors (Lipinski definition) is 1. The maximum Gasteiger partial charge on any atom is 0.175 e. The summed E-state index contributed by atoms with van der Waals surface area (Å²) in [4.78, 5) is 0. The minimum absolute atomic E-state index is 0.251. The maximum atomic E-state index is 13.0. The van der Waals surface area contributed by atoms with Crippen LogP contribution in [0.15, 0.2) is 69.6 Å². The Bertz CT molecular complexity index is 915. The minimum atomic E-state index is -0.251. The average Bonchev–Trinajstić information content (AvgIpc) is 2.68. The van der Waals surface area contributed by atoms with Gasteiger partial charge in [0.2, 0.25) is 0 Å². The Morgan fingerprint density at radius 1 is 0.893 bits per heavy atom. The summed E-state index contributed by atoms with van der Waals surface area (Å²) in [6, 6.07) is 18.2. The Labute approximate surface area is 181 Å². The van der Waals surface area contributed by atoms with Crippen molar-refractivity contribution in [1.29, 1.82) is 0 Å². The molecular weight excluding hydrogens is 489 g/mol. The van der Waals surface area contributed by atoms with Gasteiger partial charge in [-0.05, 0) is 82.5 Å². The van der Waals surface area contributed by atoms with E-state index >= 15 is 0 Å². The largest absolute Gasteiger partial charge is 0.490 e. The Hall–Kier alpha value is -2.05. The van der Waals surface area contributed by atoms with Gasteiger partial charge in [-0.15, -0.1) is 0 Å². The summed E-state index contributed by atoms with van der Waals surface area (Å²) in [5, 5.41) is 3.28. The van der Waals surface area contributed by atoms with Gasteiger partial charge in [0.15, 0.2) is 11.5 Å². The van der Waals surface area contributed by atoms with Gasteiger partial charge in [0.05, 0.1) is 11.1 Å². The van der Waals surface area contributed by atoms with Crippen LogP contribution in [-0.2, 0) is 13.2 Å². The van der Waals surface area contributed by atoms with Crippen molar-refractivity contribution in [3.05, 3.63) is 86.6 Å². The lowest BCUT2D eigenvalue weighted by Gasteiger charge is -2.16. The van der Waals surface area contributed by atoms with Crippen LogP contribution < -0.4 is 14.8 Å². The van der Waals surface area contributed by atoms with Crippen LogP contribution in [0.5, 0.6) is 11.5 Å². The number of halogens is 3. The van der Waals surface area contributed by atoms with Crippen molar-refractivity contribution in [2.75, 3.05) is 11.9 Å². The van der Waals surface area contributed by atoms with Gasteiger partial charge < -0.3 is 14.8 Å². The molecule has 0 amide bonds. The smallest absolute Gasteiger partial charge is 0.175 e. The van der Waals surface area contributed by atoms with Gasteiger partial charge in [-0.1, -0.05) is 28.1 Å². The third-order valence-corrected chi connectivity index (χ3v) is 5.12. The van der Waals surface area contributed by atoms with Crippen LogP contribution in [0, 0.1) is 5.82 Å². The highest BCUT2D eigenvalue weighted by Crippen LogP contribution is 2.37. The monoisotopic (exact) mass is 507 g/mol. The minimum Gasteiger partial charge on any atom is -0.490 e. The summed E-state index contributed by atoms with van der Waals surface area (Å²) in [7, 11) is 0. The first-order valence-electron chi connectivity index (χ1n) is 8.87. The third kappa shape index (κ3) is 5.72. The fraction of sp³-hybridized carbons (Fsp3) is 0.182. The van der Waals surface area contributed by atoms with Gasteiger partial charge in [0.25, 0.3) is 0 Å². The summed E-state index contributed by atoms with van der Waals surface area (Å²) < 4.78 is 26.7. The molecule has 146 valence electrons. The standard InChI is InChI=1S/C22H20Br2FNO2/c1-2-27-21-12-16(13-26-19-9-7-18(25)8-10-19)11-20(24)22(21)28-14-15-3-5-17(23)6-4-15/h3-12,26H,2,13-14H2,1H3. The van der Waals surface area contributed by atoms with Crippen LogP contribution in [0.4, 0.5) is 10.1 Å². The number of nitrogens with one attached hydrogen (secondary N) is 1. The quantitative estimate of drug-likeness (QED) is 0.357. The molecule has 0 spiro atoms. The molecule has 0 radical (unpaired) electrons. The fourth-order valence-corrected chi connectivity index (χ4v) is 3.50. The van der Waals surface area contributed by atoms with Gasteiger partial charge in [-0.25, -0.2) is 4.39 Å². The van der Waals surface area contributed by atoms with Crippen LogP contribution in [-0.4, -0.2) is 6.61 Å². The summed E-state index contributed by atoms with van der Waals surface area (Å²) in [5.74, 6) is 1.11. The molecular formula is C22H20Br2FNO2. The van der Waals surface area contributed by atoms with Crippen LogP contribution in [0.3, 0.4) is 0 Å². The van der Waals surface area contributed by atoms with E-state index in [9.17, 15) is 4.39 Å². The average molecular weight is 509 g/mol. The number of anilines is 1. The van der Waals surface area contributed by atoms with E-state index in [4.69, 9.17) is 9.47 Å². The number of rotatable bonds is 8. The number of ether oxygens (including phenoxy) is 2. The molecule has 3 rings (SSSR count). The molecule has 0 atom stereocenters. The van der Waals surface area contributed by atoms with E-state index < -0.39 is 0 Å². The zero-order valence-corrected chi connectivity index (χ0v) is 18.5. The van der Waals surface area contributed by atoms with Crippen molar-refractivity contribution in [2.45, 2.75) is 20.1 Å². The first-order valence-corrected chi connectivity index (χ1v) is 10.5. The van der Waals surface area contributed by atoms with Gasteiger partial charge in [0, 0.05) is 16.7 Å². The van der Waals surface area contributed by atoms with Crippen LogP contribution >= 0.6 is 31.9 Å². The summed E-state index contributed by atoms with van der Waals surface area (Å²) in [5.41, 5.74) is 2.95. The van der Waals surface area contributed by atoms with Crippen molar-refractivity contribution >= 4 is 37.5 Å². The molecule has 3 nitrogen and oxygen atoms in total. The van der Waals surface area contributed by atoms with E-state index in [2.05, 4.69) is 37.2 Å². The second-order valence-electron chi connectivity index (χ2n) is 6.11. The number of benzene rings is 3. The third-order valence-electron chi connectivity index (χ3n) is 4.01. The van der Waals surface area contributed by atoms with Crippen LogP contribution in [0.2, 0.25) is 0 Å². The van der Waals surface area contributed by atoms with Crippen molar-refractivity contribution in [3.8, 4) is 11.5 Å². The molecule has 0 fully saturated rings. The molecule has 0 aromatic heterocycles. The zero-order chi connectivity index (χ0) is 19.9. The zero-order valence-electron chi connectivity index (χ0n) is 15.3. The molecule has 1 N–H and O–H groups in total. The first-order chi connectivity index (χ1) is 13.5. The maximum absolute atomic E-state index is 13.0. The van der Waals surface area contributed by atoms with Crippen LogP contribution in [0.25, 0.3) is 0 Å². The van der Waals surface area contributed by atoms with Crippen molar-refractivity contribution < 1.29 is 13.9 Å². The molecule has 0 saturated heterocycles. The molecule has 0 heterocycles. The second kappa shape index (κ2) is 9.94. The molecule has 0 aliphatic heterocycles. The molecule has 0 bridgehead atoms. The highest BCUT2D eigenvalue weighted by molar-refractivity contribution is 9.10. The topological polar surface area (TPSA) is 30.5 Å². The van der Waals surface area contributed by atoms with Gasteiger partial charge in [-0.3, -0.25) is 0 Å². The second-order valence-corrected chi connectivity index (χ2v) is 7.88. The van der Waals surface area contributed by atoms with Crippen LogP contribution in [0.1, 0.15) is 18.1 Å². The Kier molecular flexibility index (Phi) is 7.34. The van der Waals surface area contributed by atoms with Crippen molar-refractivity contribution in [2.24, 2.45) is 0 Å². The molecule has 0 aliphatic carbocycles. The van der Waals surface area contributed by atoms with E-state index in [1.54, 1.807) is 12.1 Å². The van der Waals surface area contributed by atoms with Crippen molar-refractivity contribution in [3.63, 3.8) is 0 Å². The molecule has 6 heteroatoms. The fourth-order valence-electron chi connectivity index (χ4n) is 2.63. The Morgan fingerprint density at radius 2 is 1.61 bits per heavy atom. The van der Waals surface area contributed by atoms with E-state index in [0.29, 0.717) is 31.3 Å². The molecule has 0 unspecified atom stereocenters. The SMILES string of the molecule is CCOc1cc(CNc2ccc(F)cc2)cc(Br)c1OCc1ccc(Br)cc1. The molecule has 0 aliphatic rings. The Morgan fingerprint density at radius 3 is 2.29 bits per heavy atom. The highest BCUT2D eigenvalue weighted by atomic mass is 79.9. The predicted octanol–water partition coefficient (Wildman–Crippen LogP) is 6.94. The van der Waals surface area contributed by atoms with E-state index in [-0.39, 0.29) is 5.82 Å². The lowest BCUT2D eigenvalue weighted by molar-refractivity contribution is 0.267. The van der Waals surface area contributed by atoms with Gasteiger partial charge in [-0.2, -0.15) is 0 Å². The molecule has 28 heavy (non-hydrogen) atoms. The van der Waals surface area contributed by atoms with E-state index in [1.165, 1.54) is 12.1 Å². The number of hydrogen-bond acceptors (Lipinski definition) is 3. The summed E-state index contributed by atoms with van der Waals surface area (Å²) in [6.45, 7) is 3.50. The van der Waals surface area contributed by atoms with Crippen molar-refractivity contribution in [1.82, 2.24) is 0 Å². The van der Waals surface area contributed by atoms with E-state index in [1.807, 2.05) is 43.3 Å². The lowest BCUT2D eigenvalue weighted by atomic mass is 10.2. The molecule has 3 aromatic rings. The molecule has 3 aromatic carbocycles. The summed E-state index contributed by atoms with van der Waals surface area (Å²) in [6.07, 6.45) is 0. The molecule has 0 saturated carbocycles. The van der Waals surface area contributed by atoms with Gasteiger partial charge in [0.1, 0.15) is 12.4 Å². The highest BCUT2D eigenvalue weighted by Gasteiger charge is 2.13. The summed E-state index contributed by atoms with van der Waals surface area (Å²) >= 11 is 7.03.